The van der Waals surface area contributed by atoms with Crippen LogP contribution in [0.3, 0.4) is 0 Å². The fraction of sp³-hybridized carbons (Fsp3) is 1.00. The van der Waals surface area contributed by atoms with Gasteiger partial charge in [0.25, 0.3) is 0 Å². The fourth-order valence-electron chi connectivity index (χ4n) is 1.40. The van der Waals surface area contributed by atoms with Gasteiger partial charge < -0.3 is 11.1 Å². The van der Waals surface area contributed by atoms with Crippen LogP contribution in [0.1, 0.15) is 26.7 Å². The van der Waals surface area contributed by atoms with E-state index in [1.165, 1.54) is 12.8 Å². The van der Waals surface area contributed by atoms with Gasteiger partial charge in [0.2, 0.25) is 0 Å². The molecule has 62 valence electrons. The lowest BCUT2D eigenvalue weighted by Gasteiger charge is -2.22. The molecule has 0 bridgehead atoms. The second-order valence-corrected chi connectivity index (χ2v) is 2.71. The van der Waals surface area contributed by atoms with Crippen molar-refractivity contribution in [1.82, 2.24) is 5.32 Å². The maximum atomic E-state index is 5.57. The molecule has 2 nitrogen and oxygen atoms in total. The highest BCUT2D eigenvalue weighted by atomic mass is 14.9. The minimum atomic E-state index is 0.509. The predicted molar refractivity (Wildman–Crippen MR) is 46.0 cm³/mol. The van der Waals surface area contributed by atoms with Gasteiger partial charge in [-0.25, -0.2) is 0 Å². The van der Waals surface area contributed by atoms with E-state index < -0.39 is 0 Å². The van der Waals surface area contributed by atoms with Crippen molar-refractivity contribution in [2.24, 2.45) is 11.7 Å². The van der Waals surface area contributed by atoms with Crippen molar-refractivity contribution in [2.75, 3.05) is 13.6 Å². The standard InChI is InChI=1S/C8H20N2/c1-4-7(5-2)8(6-9)10-3/h7-8,10H,4-6,9H2,1-3H3/t8-/m0/s1. The van der Waals surface area contributed by atoms with E-state index in [-0.39, 0.29) is 0 Å². The van der Waals surface area contributed by atoms with Crippen LogP contribution in [0.4, 0.5) is 0 Å². The van der Waals surface area contributed by atoms with Gasteiger partial charge in [0, 0.05) is 12.6 Å². The molecular formula is C8H20N2. The summed E-state index contributed by atoms with van der Waals surface area (Å²) in [5.74, 6) is 0.745. The summed E-state index contributed by atoms with van der Waals surface area (Å²) in [6, 6.07) is 0.509. The lowest BCUT2D eigenvalue weighted by molar-refractivity contribution is 0.357. The van der Waals surface area contributed by atoms with Crippen molar-refractivity contribution < 1.29 is 0 Å². The Morgan fingerprint density at radius 3 is 1.90 bits per heavy atom. The van der Waals surface area contributed by atoms with Crippen LogP contribution in [0.25, 0.3) is 0 Å². The summed E-state index contributed by atoms with van der Waals surface area (Å²) in [6.07, 6.45) is 2.44. The average molecular weight is 144 g/mol. The SMILES string of the molecule is CCC(CC)[C@H](CN)NC. The molecule has 0 fully saturated rings. The zero-order chi connectivity index (χ0) is 7.98. The van der Waals surface area contributed by atoms with Gasteiger partial charge in [-0.3, -0.25) is 0 Å². The molecule has 1 atom stereocenters. The van der Waals surface area contributed by atoms with Gasteiger partial charge in [0.15, 0.2) is 0 Å². The number of likely N-dealkylation sites (N-methyl/N-ethyl adjacent to an activating group) is 1. The largest absolute Gasteiger partial charge is 0.329 e. The minimum absolute atomic E-state index is 0.509. The molecule has 0 rings (SSSR count). The van der Waals surface area contributed by atoms with Crippen LogP contribution < -0.4 is 11.1 Å². The molecule has 0 aromatic carbocycles. The molecule has 0 aliphatic rings. The van der Waals surface area contributed by atoms with E-state index in [4.69, 9.17) is 5.73 Å². The average Bonchev–Trinajstić information content (AvgIpc) is 2.00. The van der Waals surface area contributed by atoms with Gasteiger partial charge in [-0.2, -0.15) is 0 Å². The number of nitrogens with two attached hydrogens (primary N) is 1. The first-order valence-electron chi connectivity index (χ1n) is 4.17. The highest BCUT2D eigenvalue weighted by molar-refractivity contribution is 4.73. The molecule has 0 radical (unpaired) electrons. The number of hydrogen-bond donors (Lipinski definition) is 2. The molecule has 10 heavy (non-hydrogen) atoms. The Hall–Kier alpha value is -0.0800. The second-order valence-electron chi connectivity index (χ2n) is 2.71. The molecule has 3 N–H and O–H groups in total. The molecule has 0 amide bonds. The van der Waals surface area contributed by atoms with Gasteiger partial charge in [-0.15, -0.1) is 0 Å². The fourth-order valence-corrected chi connectivity index (χ4v) is 1.40. The molecule has 0 heterocycles. The van der Waals surface area contributed by atoms with Gasteiger partial charge in [-0.05, 0) is 13.0 Å². The van der Waals surface area contributed by atoms with Crippen LogP contribution in [0.15, 0.2) is 0 Å². The van der Waals surface area contributed by atoms with E-state index in [9.17, 15) is 0 Å². The van der Waals surface area contributed by atoms with Crippen LogP contribution in [-0.4, -0.2) is 19.6 Å². The van der Waals surface area contributed by atoms with Crippen LogP contribution >= 0.6 is 0 Å². The summed E-state index contributed by atoms with van der Waals surface area (Å²) in [5, 5.41) is 3.23. The molecule has 0 saturated carbocycles. The van der Waals surface area contributed by atoms with Gasteiger partial charge in [0.1, 0.15) is 0 Å². The molecule has 0 aromatic rings. The molecule has 2 heteroatoms. The summed E-state index contributed by atoms with van der Waals surface area (Å²) in [4.78, 5) is 0. The Kier molecular flexibility index (Phi) is 5.64. The van der Waals surface area contributed by atoms with Gasteiger partial charge >= 0.3 is 0 Å². The lowest BCUT2D eigenvalue weighted by Crippen LogP contribution is -2.39. The van der Waals surface area contributed by atoms with Crippen molar-refractivity contribution in [1.29, 1.82) is 0 Å². The van der Waals surface area contributed by atoms with Crippen molar-refractivity contribution >= 4 is 0 Å². The number of hydrogen-bond acceptors (Lipinski definition) is 2. The van der Waals surface area contributed by atoms with E-state index in [1.54, 1.807) is 0 Å². The van der Waals surface area contributed by atoms with Crippen LogP contribution in [0.2, 0.25) is 0 Å². The smallest absolute Gasteiger partial charge is 0.0215 e. The predicted octanol–water partition coefficient (Wildman–Crippen LogP) is 0.969. The van der Waals surface area contributed by atoms with Crippen LogP contribution in [0, 0.1) is 5.92 Å². The Morgan fingerprint density at radius 2 is 1.80 bits per heavy atom. The summed E-state index contributed by atoms with van der Waals surface area (Å²) >= 11 is 0. The van der Waals surface area contributed by atoms with E-state index in [1.807, 2.05) is 7.05 Å². The number of nitrogens with one attached hydrogen (secondary N) is 1. The van der Waals surface area contributed by atoms with Crippen molar-refractivity contribution in [2.45, 2.75) is 32.7 Å². The van der Waals surface area contributed by atoms with E-state index in [0.717, 1.165) is 12.5 Å². The Morgan fingerprint density at radius 1 is 1.30 bits per heavy atom. The monoisotopic (exact) mass is 144 g/mol. The van der Waals surface area contributed by atoms with Gasteiger partial charge in [0.05, 0.1) is 0 Å². The first kappa shape index (κ1) is 9.92. The summed E-state index contributed by atoms with van der Waals surface area (Å²) < 4.78 is 0. The number of rotatable bonds is 5. The third-order valence-electron chi connectivity index (χ3n) is 2.24. The molecular weight excluding hydrogens is 124 g/mol. The third-order valence-corrected chi connectivity index (χ3v) is 2.24. The Bertz CT molecular complexity index is 55.7. The van der Waals surface area contributed by atoms with Crippen molar-refractivity contribution in [3.05, 3.63) is 0 Å². The normalized spacial score (nSPS) is 14.1. The molecule has 0 aliphatic carbocycles. The zero-order valence-corrected chi connectivity index (χ0v) is 7.35. The summed E-state index contributed by atoms with van der Waals surface area (Å²) in [7, 11) is 1.98. The highest BCUT2D eigenvalue weighted by Gasteiger charge is 2.13. The maximum absolute atomic E-state index is 5.57. The van der Waals surface area contributed by atoms with E-state index in [2.05, 4.69) is 19.2 Å². The summed E-state index contributed by atoms with van der Waals surface area (Å²) in [6.45, 7) is 5.19. The third kappa shape index (κ3) is 2.67. The molecule has 0 saturated heterocycles. The molecule has 0 aromatic heterocycles. The van der Waals surface area contributed by atoms with Crippen molar-refractivity contribution in [3.8, 4) is 0 Å². The Labute approximate surface area is 64.2 Å². The lowest BCUT2D eigenvalue weighted by atomic mass is 9.94. The summed E-state index contributed by atoms with van der Waals surface area (Å²) in [5.41, 5.74) is 5.57. The zero-order valence-electron chi connectivity index (χ0n) is 7.35. The molecule has 0 spiro atoms. The van der Waals surface area contributed by atoms with Crippen LogP contribution in [-0.2, 0) is 0 Å². The molecule has 0 unspecified atom stereocenters. The Balaban J connectivity index is 3.70. The minimum Gasteiger partial charge on any atom is -0.329 e. The molecule has 0 aliphatic heterocycles. The maximum Gasteiger partial charge on any atom is 0.0215 e. The highest BCUT2D eigenvalue weighted by Crippen LogP contribution is 2.11. The van der Waals surface area contributed by atoms with Crippen LogP contribution in [0.5, 0.6) is 0 Å². The second kappa shape index (κ2) is 5.69. The quantitative estimate of drug-likeness (QED) is 0.603. The van der Waals surface area contributed by atoms with E-state index in [0.29, 0.717) is 6.04 Å². The first-order valence-corrected chi connectivity index (χ1v) is 4.17. The van der Waals surface area contributed by atoms with E-state index >= 15 is 0 Å². The topological polar surface area (TPSA) is 38.0 Å². The first-order chi connectivity index (χ1) is 4.79. The van der Waals surface area contributed by atoms with Gasteiger partial charge in [-0.1, -0.05) is 26.7 Å². The van der Waals surface area contributed by atoms with Crippen molar-refractivity contribution in [3.63, 3.8) is 0 Å².